The van der Waals surface area contributed by atoms with Crippen molar-refractivity contribution in [3.8, 4) is 5.75 Å². The molecule has 1 aromatic carbocycles. The molecule has 3 aromatic rings. The normalized spacial score (nSPS) is 14.5. The number of piperazine rings is 1. The summed E-state index contributed by atoms with van der Waals surface area (Å²) in [6.45, 7) is 4.78. The van der Waals surface area contributed by atoms with Gasteiger partial charge in [-0.1, -0.05) is 18.2 Å². The van der Waals surface area contributed by atoms with Crippen molar-refractivity contribution in [3.05, 3.63) is 78.0 Å². The molecule has 4 rings (SSSR count). The maximum Gasteiger partial charge on any atom is 0.287 e. The minimum atomic E-state index is -0.217. The Kier molecular flexibility index (Phi) is 6.29. The summed E-state index contributed by atoms with van der Waals surface area (Å²) >= 11 is 0. The van der Waals surface area contributed by atoms with Gasteiger partial charge in [-0.15, -0.1) is 0 Å². The molecular formula is C23H26N4O3. The Balaban J connectivity index is 1.28. The van der Waals surface area contributed by atoms with E-state index < -0.39 is 0 Å². The fourth-order valence-corrected chi connectivity index (χ4v) is 3.62. The van der Waals surface area contributed by atoms with Gasteiger partial charge in [-0.25, -0.2) is 0 Å². The number of ether oxygens (including phenoxy) is 1. The summed E-state index contributed by atoms with van der Waals surface area (Å²) in [6, 6.07) is 15.5. The second-order valence-electron chi connectivity index (χ2n) is 7.24. The number of nitrogens with one attached hydrogen (secondary N) is 1. The first-order valence-corrected chi connectivity index (χ1v) is 10.1. The zero-order chi connectivity index (χ0) is 20.8. The van der Waals surface area contributed by atoms with Crippen LogP contribution in [0.3, 0.4) is 0 Å². The number of carbonyl (C=O) groups is 1. The molecule has 0 aliphatic carbocycles. The number of anilines is 1. The zero-order valence-corrected chi connectivity index (χ0v) is 17.1. The predicted molar refractivity (Wildman–Crippen MR) is 115 cm³/mol. The summed E-state index contributed by atoms with van der Waals surface area (Å²) in [5, 5.41) is 2.86. The Morgan fingerprint density at radius 3 is 2.70 bits per heavy atom. The molecule has 0 saturated carbocycles. The fourth-order valence-electron chi connectivity index (χ4n) is 3.62. The van der Waals surface area contributed by atoms with Crippen molar-refractivity contribution < 1.29 is 13.9 Å². The molecule has 156 valence electrons. The quantitative estimate of drug-likeness (QED) is 0.651. The highest BCUT2D eigenvalue weighted by Crippen LogP contribution is 2.28. The molecule has 7 heteroatoms. The molecule has 2 aromatic heterocycles. The predicted octanol–water partition coefficient (Wildman–Crippen LogP) is 2.94. The summed E-state index contributed by atoms with van der Waals surface area (Å²) in [5.74, 6) is 1.82. The van der Waals surface area contributed by atoms with Gasteiger partial charge in [0.1, 0.15) is 11.5 Å². The van der Waals surface area contributed by atoms with E-state index in [4.69, 9.17) is 9.15 Å². The average molecular weight is 406 g/mol. The monoisotopic (exact) mass is 406 g/mol. The molecular weight excluding hydrogens is 380 g/mol. The zero-order valence-electron chi connectivity index (χ0n) is 17.1. The summed E-state index contributed by atoms with van der Waals surface area (Å²) < 4.78 is 11.3. The number of benzene rings is 1. The van der Waals surface area contributed by atoms with Crippen molar-refractivity contribution in [2.75, 3.05) is 38.2 Å². The second-order valence-corrected chi connectivity index (χ2v) is 7.24. The van der Waals surface area contributed by atoms with Crippen LogP contribution in [0.4, 0.5) is 5.69 Å². The molecule has 0 spiro atoms. The smallest absolute Gasteiger partial charge is 0.287 e. The van der Waals surface area contributed by atoms with Crippen LogP contribution in [0.1, 0.15) is 21.9 Å². The highest BCUT2D eigenvalue weighted by molar-refractivity contribution is 5.91. The molecule has 3 heterocycles. The lowest BCUT2D eigenvalue weighted by Crippen LogP contribution is -2.46. The lowest BCUT2D eigenvalue weighted by atomic mass is 10.2. The number of furan rings is 1. The number of carbonyl (C=O) groups excluding carboxylic acids is 1. The van der Waals surface area contributed by atoms with Crippen LogP contribution in [0.2, 0.25) is 0 Å². The molecule has 0 unspecified atom stereocenters. The highest BCUT2D eigenvalue weighted by Gasteiger charge is 2.21. The fraction of sp³-hybridized carbons (Fsp3) is 0.304. The summed E-state index contributed by atoms with van der Waals surface area (Å²) in [6.07, 6.45) is 3.44. The molecule has 0 atom stereocenters. The number of hydrogen-bond acceptors (Lipinski definition) is 6. The number of hydrogen-bond donors (Lipinski definition) is 1. The van der Waals surface area contributed by atoms with E-state index in [1.54, 1.807) is 25.6 Å². The van der Waals surface area contributed by atoms with Crippen LogP contribution < -0.4 is 15.0 Å². The Morgan fingerprint density at radius 2 is 1.93 bits per heavy atom. The largest absolute Gasteiger partial charge is 0.495 e. The molecule has 1 fully saturated rings. The molecule has 1 saturated heterocycles. The van der Waals surface area contributed by atoms with Gasteiger partial charge in [0.2, 0.25) is 0 Å². The summed E-state index contributed by atoms with van der Waals surface area (Å²) in [5.41, 5.74) is 2.08. The number of para-hydroxylation sites is 2. The van der Waals surface area contributed by atoms with Crippen LogP contribution in [0.5, 0.6) is 5.75 Å². The number of methoxy groups -OCH3 is 1. The minimum Gasteiger partial charge on any atom is -0.495 e. The molecule has 1 aliphatic rings. The van der Waals surface area contributed by atoms with Gasteiger partial charge in [0.25, 0.3) is 5.91 Å². The van der Waals surface area contributed by atoms with E-state index >= 15 is 0 Å². The maximum absolute atomic E-state index is 12.3. The Hall–Kier alpha value is -3.32. The van der Waals surface area contributed by atoms with Gasteiger partial charge in [0.15, 0.2) is 5.76 Å². The third-order valence-corrected chi connectivity index (χ3v) is 5.24. The van der Waals surface area contributed by atoms with Crippen LogP contribution in [-0.2, 0) is 13.1 Å². The second kappa shape index (κ2) is 9.45. The van der Waals surface area contributed by atoms with Gasteiger partial charge >= 0.3 is 0 Å². The number of nitrogens with zero attached hydrogens (tertiary/aromatic N) is 3. The van der Waals surface area contributed by atoms with Crippen LogP contribution in [0.25, 0.3) is 0 Å². The maximum atomic E-state index is 12.3. The Labute approximate surface area is 176 Å². The van der Waals surface area contributed by atoms with Crippen LogP contribution in [0, 0.1) is 0 Å². The number of pyridine rings is 1. The molecule has 0 radical (unpaired) electrons. The SMILES string of the molecule is COc1ccccc1N1CCN(Cc2ccc(C(=O)NCc3cccnc3)o2)CC1. The first-order chi connectivity index (χ1) is 14.7. The number of rotatable bonds is 7. The van der Waals surface area contributed by atoms with Gasteiger partial charge in [0.05, 0.1) is 19.3 Å². The topological polar surface area (TPSA) is 70.8 Å². The van der Waals surface area contributed by atoms with Gasteiger partial charge in [0, 0.05) is 45.1 Å². The van der Waals surface area contributed by atoms with Crippen LogP contribution in [-0.4, -0.2) is 49.1 Å². The van der Waals surface area contributed by atoms with Crippen molar-refractivity contribution in [2.45, 2.75) is 13.1 Å². The van der Waals surface area contributed by atoms with Crippen molar-refractivity contribution >= 4 is 11.6 Å². The number of amides is 1. The van der Waals surface area contributed by atoms with E-state index in [0.29, 0.717) is 18.8 Å². The van der Waals surface area contributed by atoms with E-state index in [0.717, 1.165) is 48.9 Å². The van der Waals surface area contributed by atoms with E-state index in [2.05, 4.69) is 26.2 Å². The van der Waals surface area contributed by atoms with Crippen molar-refractivity contribution in [2.24, 2.45) is 0 Å². The van der Waals surface area contributed by atoms with E-state index in [1.165, 1.54) is 0 Å². The summed E-state index contributed by atoms with van der Waals surface area (Å²) in [7, 11) is 1.70. The average Bonchev–Trinajstić information content (AvgIpc) is 3.27. The van der Waals surface area contributed by atoms with Gasteiger partial charge in [-0.2, -0.15) is 0 Å². The van der Waals surface area contributed by atoms with Gasteiger partial charge in [-0.3, -0.25) is 14.7 Å². The highest BCUT2D eigenvalue weighted by atomic mass is 16.5. The van der Waals surface area contributed by atoms with Crippen LogP contribution in [0.15, 0.2) is 65.3 Å². The van der Waals surface area contributed by atoms with E-state index in [1.807, 2.05) is 36.4 Å². The standard InChI is InChI=1S/C23H26N4O3/c1-29-21-7-3-2-6-20(21)27-13-11-26(12-14-27)17-19-8-9-22(30-19)23(28)25-16-18-5-4-10-24-15-18/h2-10,15H,11-14,16-17H2,1H3,(H,25,28). The molecule has 1 aliphatic heterocycles. The third-order valence-electron chi connectivity index (χ3n) is 5.24. The van der Waals surface area contributed by atoms with Crippen LogP contribution >= 0.6 is 0 Å². The van der Waals surface area contributed by atoms with Gasteiger partial charge in [-0.05, 0) is 35.9 Å². The summed E-state index contributed by atoms with van der Waals surface area (Å²) in [4.78, 5) is 21.1. The van der Waals surface area contributed by atoms with E-state index in [-0.39, 0.29) is 5.91 Å². The van der Waals surface area contributed by atoms with Crippen molar-refractivity contribution in [1.29, 1.82) is 0 Å². The molecule has 1 amide bonds. The molecule has 30 heavy (non-hydrogen) atoms. The van der Waals surface area contributed by atoms with Crippen molar-refractivity contribution in [3.63, 3.8) is 0 Å². The van der Waals surface area contributed by atoms with Gasteiger partial charge < -0.3 is 19.4 Å². The number of aromatic nitrogens is 1. The third kappa shape index (κ3) is 4.80. The molecule has 1 N–H and O–H groups in total. The Bertz CT molecular complexity index is 965. The Morgan fingerprint density at radius 1 is 1.10 bits per heavy atom. The first-order valence-electron chi connectivity index (χ1n) is 10.1. The van der Waals surface area contributed by atoms with E-state index in [9.17, 15) is 4.79 Å². The lowest BCUT2D eigenvalue weighted by molar-refractivity contribution is 0.0919. The molecule has 7 nitrogen and oxygen atoms in total. The van der Waals surface area contributed by atoms with Crippen molar-refractivity contribution in [1.82, 2.24) is 15.2 Å². The first kappa shape index (κ1) is 20.0. The minimum absolute atomic E-state index is 0.217. The molecule has 0 bridgehead atoms. The lowest BCUT2D eigenvalue weighted by Gasteiger charge is -2.36.